The first kappa shape index (κ1) is 16.9. The van der Waals surface area contributed by atoms with Crippen LogP contribution in [0.5, 0.6) is 0 Å². The fourth-order valence-corrected chi connectivity index (χ4v) is 3.81. The fraction of sp³-hybridized carbons (Fsp3) is 1.00. The van der Waals surface area contributed by atoms with Crippen LogP contribution in [0.25, 0.3) is 0 Å². The van der Waals surface area contributed by atoms with Crippen LogP contribution in [0, 0.1) is 5.92 Å². The maximum absolute atomic E-state index is 5.28. The van der Waals surface area contributed by atoms with Gasteiger partial charge in [0.25, 0.3) is 0 Å². The number of ether oxygens (including phenoxy) is 1. The van der Waals surface area contributed by atoms with E-state index in [9.17, 15) is 0 Å². The smallest absolute Gasteiger partial charge is 0.0465 e. The zero-order valence-electron chi connectivity index (χ0n) is 13.7. The minimum absolute atomic E-state index is 0.335. The molecule has 0 radical (unpaired) electrons. The van der Waals surface area contributed by atoms with Gasteiger partial charge in [0.2, 0.25) is 0 Å². The highest BCUT2D eigenvalue weighted by atomic mass is 16.5. The van der Waals surface area contributed by atoms with Crippen LogP contribution in [0.3, 0.4) is 0 Å². The Labute approximate surface area is 120 Å². The summed E-state index contributed by atoms with van der Waals surface area (Å²) in [5.74, 6) is 0.653. The van der Waals surface area contributed by atoms with E-state index in [0.29, 0.717) is 17.5 Å². The normalized spacial score (nSPS) is 22.4. The monoisotopic (exact) mass is 270 g/mol. The molecule has 2 atom stereocenters. The zero-order chi connectivity index (χ0) is 14.3. The van der Waals surface area contributed by atoms with Crippen LogP contribution < -0.4 is 5.32 Å². The summed E-state index contributed by atoms with van der Waals surface area (Å²) in [5.41, 5.74) is 0.335. The lowest BCUT2D eigenvalue weighted by molar-refractivity contribution is 0.0291. The summed E-state index contributed by atoms with van der Waals surface area (Å²) < 4.78 is 5.28. The number of hydrogen-bond donors (Lipinski definition) is 1. The lowest BCUT2D eigenvalue weighted by atomic mass is 9.71. The molecule has 1 aliphatic carbocycles. The van der Waals surface area contributed by atoms with Crippen LogP contribution in [0.15, 0.2) is 0 Å². The quantitative estimate of drug-likeness (QED) is 0.734. The second kappa shape index (κ2) is 8.23. The fourth-order valence-electron chi connectivity index (χ4n) is 3.81. The Bertz CT molecular complexity index is 237. The van der Waals surface area contributed by atoms with Gasteiger partial charge in [-0.05, 0) is 45.8 Å². The molecule has 1 rings (SSSR count). The molecule has 19 heavy (non-hydrogen) atoms. The SMILES string of the molecule is CCNC(C(C)CCOC)C1(N(C)C)CCCCC1. The lowest BCUT2D eigenvalue weighted by Crippen LogP contribution is -2.62. The summed E-state index contributed by atoms with van der Waals surface area (Å²) in [6.45, 7) is 6.53. The molecular formula is C16H34N2O. The number of rotatable bonds is 8. The number of nitrogens with one attached hydrogen (secondary N) is 1. The molecule has 0 aliphatic heterocycles. The van der Waals surface area contributed by atoms with Crippen molar-refractivity contribution in [3.8, 4) is 0 Å². The zero-order valence-corrected chi connectivity index (χ0v) is 13.7. The molecule has 0 spiro atoms. The molecule has 0 aromatic heterocycles. The molecule has 2 unspecified atom stereocenters. The van der Waals surface area contributed by atoms with Gasteiger partial charge in [0.05, 0.1) is 0 Å². The second-order valence-electron chi connectivity index (χ2n) is 6.35. The van der Waals surface area contributed by atoms with Crippen molar-refractivity contribution in [2.24, 2.45) is 5.92 Å². The number of nitrogens with zero attached hydrogens (tertiary/aromatic N) is 1. The molecule has 0 amide bonds. The average Bonchev–Trinajstić information content (AvgIpc) is 2.42. The van der Waals surface area contributed by atoms with Crippen molar-refractivity contribution in [1.29, 1.82) is 0 Å². The first-order valence-corrected chi connectivity index (χ1v) is 7.98. The van der Waals surface area contributed by atoms with Crippen LogP contribution in [-0.2, 0) is 4.74 Å². The van der Waals surface area contributed by atoms with Gasteiger partial charge in [-0.15, -0.1) is 0 Å². The van der Waals surface area contributed by atoms with E-state index in [-0.39, 0.29) is 0 Å². The molecule has 0 bridgehead atoms. The molecular weight excluding hydrogens is 236 g/mol. The Morgan fingerprint density at radius 1 is 1.21 bits per heavy atom. The Morgan fingerprint density at radius 2 is 1.84 bits per heavy atom. The van der Waals surface area contributed by atoms with Crippen LogP contribution in [0.2, 0.25) is 0 Å². The molecule has 1 fully saturated rings. The third-order valence-electron chi connectivity index (χ3n) is 4.96. The summed E-state index contributed by atoms with van der Waals surface area (Å²) in [4.78, 5) is 2.49. The summed E-state index contributed by atoms with van der Waals surface area (Å²) in [7, 11) is 6.33. The first-order chi connectivity index (χ1) is 9.08. The maximum Gasteiger partial charge on any atom is 0.0465 e. The molecule has 1 N–H and O–H groups in total. The van der Waals surface area contributed by atoms with E-state index in [2.05, 4.69) is 38.2 Å². The Morgan fingerprint density at radius 3 is 2.32 bits per heavy atom. The number of methoxy groups -OCH3 is 1. The highest BCUT2D eigenvalue weighted by Gasteiger charge is 2.43. The highest BCUT2D eigenvalue weighted by molar-refractivity contribution is 5.02. The molecule has 1 saturated carbocycles. The number of likely N-dealkylation sites (N-methyl/N-ethyl adjacent to an activating group) is 2. The van der Waals surface area contributed by atoms with Gasteiger partial charge in [0, 0.05) is 25.3 Å². The van der Waals surface area contributed by atoms with E-state index < -0.39 is 0 Å². The second-order valence-corrected chi connectivity index (χ2v) is 6.35. The average molecular weight is 270 g/mol. The molecule has 1 aliphatic rings. The molecule has 0 aromatic rings. The Hall–Kier alpha value is -0.120. The molecule has 0 saturated heterocycles. The predicted octanol–water partition coefficient (Wildman–Crippen LogP) is 2.90. The molecule has 3 heteroatoms. The minimum Gasteiger partial charge on any atom is -0.385 e. The largest absolute Gasteiger partial charge is 0.385 e. The third kappa shape index (κ3) is 4.17. The van der Waals surface area contributed by atoms with Gasteiger partial charge in [-0.3, -0.25) is 0 Å². The van der Waals surface area contributed by atoms with E-state index in [0.717, 1.165) is 19.6 Å². The molecule has 3 nitrogen and oxygen atoms in total. The van der Waals surface area contributed by atoms with Crippen molar-refractivity contribution in [3.05, 3.63) is 0 Å². The van der Waals surface area contributed by atoms with Gasteiger partial charge in [-0.1, -0.05) is 33.1 Å². The van der Waals surface area contributed by atoms with Crippen molar-refractivity contribution >= 4 is 0 Å². The molecule has 114 valence electrons. The van der Waals surface area contributed by atoms with Crippen molar-refractivity contribution in [3.63, 3.8) is 0 Å². The van der Waals surface area contributed by atoms with Crippen LogP contribution in [-0.4, -0.2) is 50.8 Å². The van der Waals surface area contributed by atoms with Crippen molar-refractivity contribution in [1.82, 2.24) is 10.2 Å². The van der Waals surface area contributed by atoms with Gasteiger partial charge < -0.3 is 15.0 Å². The van der Waals surface area contributed by atoms with Gasteiger partial charge in [0.1, 0.15) is 0 Å². The van der Waals surface area contributed by atoms with Crippen molar-refractivity contribution in [2.45, 2.75) is 64.0 Å². The Kier molecular flexibility index (Phi) is 7.33. The van der Waals surface area contributed by atoms with Gasteiger partial charge in [0.15, 0.2) is 0 Å². The predicted molar refractivity (Wildman–Crippen MR) is 82.6 cm³/mol. The first-order valence-electron chi connectivity index (χ1n) is 7.98. The van der Waals surface area contributed by atoms with Crippen LogP contribution in [0.1, 0.15) is 52.4 Å². The Balaban J connectivity index is 2.84. The molecule has 0 aromatic carbocycles. The van der Waals surface area contributed by atoms with Crippen LogP contribution >= 0.6 is 0 Å². The van der Waals surface area contributed by atoms with Crippen molar-refractivity contribution in [2.75, 3.05) is 34.4 Å². The van der Waals surface area contributed by atoms with Gasteiger partial charge >= 0.3 is 0 Å². The van der Waals surface area contributed by atoms with E-state index in [1.54, 1.807) is 7.11 Å². The minimum atomic E-state index is 0.335. The van der Waals surface area contributed by atoms with Gasteiger partial charge in [-0.2, -0.15) is 0 Å². The maximum atomic E-state index is 5.28. The van der Waals surface area contributed by atoms with E-state index in [4.69, 9.17) is 4.74 Å². The highest BCUT2D eigenvalue weighted by Crippen LogP contribution is 2.38. The lowest BCUT2D eigenvalue weighted by Gasteiger charge is -2.51. The summed E-state index contributed by atoms with van der Waals surface area (Å²) in [6.07, 6.45) is 7.95. The topological polar surface area (TPSA) is 24.5 Å². The van der Waals surface area contributed by atoms with E-state index in [1.165, 1.54) is 32.1 Å². The van der Waals surface area contributed by atoms with Crippen molar-refractivity contribution < 1.29 is 4.74 Å². The van der Waals surface area contributed by atoms with E-state index in [1.807, 2.05) is 0 Å². The van der Waals surface area contributed by atoms with Crippen LogP contribution in [0.4, 0.5) is 0 Å². The number of hydrogen-bond acceptors (Lipinski definition) is 3. The van der Waals surface area contributed by atoms with Gasteiger partial charge in [-0.25, -0.2) is 0 Å². The van der Waals surface area contributed by atoms with E-state index >= 15 is 0 Å². The summed E-state index contributed by atoms with van der Waals surface area (Å²) >= 11 is 0. The standard InChI is InChI=1S/C16H34N2O/c1-6-17-15(14(2)10-13-19-5)16(18(3)4)11-8-7-9-12-16/h14-15,17H,6-13H2,1-5H3. The summed E-state index contributed by atoms with van der Waals surface area (Å²) in [5, 5.41) is 3.79. The molecule has 0 heterocycles. The third-order valence-corrected chi connectivity index (χ3v) is 4.96. The summed E-state index contributed by atoms with van der Waals surface area (Å²) in [6, 6.07) is 0.572.